The van der Waals surface area contributed by atoms with Gasteiger partial charge in [0.15, 0.2) is 0 Å². The zero-order valence-electron chi connectivity index (χ0n) is 20.2. The number of aliphatic carboxylic acids is 1. The van der Waals surface area contributed by atoms with Crippen molar-refractivity contribution in [1.82, 2.24) is 14.9 Å². The van der Waals surface area contributed by atoms with Crippen molar-refractivity contribution in [3.05, 3.63) is 65.1 Å². The number of carbonyl (C=O) groups is 1. The van der Waals surface area contributed by atoms with Crippen molar-refractivity contribution in [2.45, 2.75) is 38.3 Å². The minimum Gasteiger partial charge on any atom is -0.497 e. The first-order valence-corrected chi connectivity index (χ1v) is 12.4. The van der Waals surface area contributed by atoms with E-state index in [1.54, 1.807) is 37.7 Å². The fourth-order valence-electron chi connectivity index (χ4n) is 4.90. The molecule has 0 radical (unpaired) electrons. The van der Waals surface area contributed by atoms with Gasteiger partial charge in [0, 0.05) is 35.1 Å². The van der Waals surface area contributed by atoms with Crippen LogP contribution in [0.1, 0.15) is 49.4 Å². The lowest BCUT2D eigenvalue weighted by atomic mass is 9.71. The second kappa shape index (κ2) is 11.7. The van der Waals surface area contributed by atoms with Gasteiger partial charge in [-0.2, -0.15) is 0 Å². The summed E-state index contributed by atoms with van der Waals surface area (Å²) in [4.78, 5) is 22.2. The molecule has 188 valence electrons. The lowest BCUT2D eigenvalue weighted by Gasteiger charge is -2.41. The molecule has 36 heavy (non-hydrogen) atoms. The summed E-state index contributed by atoms with van der Waals surface area (Å²) in [5.41, 5.74) is 1.48. The normalized spacial score (nSPS) is 16.2. The summed E-state index contributed by atoms with van der Waals surface area (Å²) >= 11 is 6.39. The van der Waals surface area contributed by atoms with Crippen LogP contribution in [0.4, 0.5) is 4.39 Å². The Morgan fingerprint density at radius 2 is 2.03 bits per heavy atom. The molecule has 1 aliphatic heterocycles. The fraction of sp³-hybridized carbons (Fsp3) is 0.393. The molecule has 3 aromatic rings. The highest BCUT2D eigenvalue weighted by Gasteiger charge is 2.37. The Bertz CT molecular complexity index is 1270. The highest BCUT2D eigenvalue weighted by molar-refractivity contribution is 6.32. The van der Waals surface area contributed by atoms with E-state index in [1.165, 1.54) is 6.20 Å². The number of halogens is 2. The SMILES string of the molecule is COc1ccc2ncc(Cl)c([C@H](F)CCC3(CC(=O)O)CCN(CC#Cc4ccncc4)CC3)c2c1. The lowest BCUT2D eigenvalue weighted by Crippen LogP contribution is -2.41. The molecule has 0 saturated carbocycles. The first kappa shape index (κ1) is 25.9. The van der Waals surface area contributed by atoms with Crippen LogP contribution in [0.3, 0.4) is 0 Å². The molecule has 0 bridgehead atoms. The van der Waals surface area contributed by atoms with Gasteiger partial charge in [-0.25, -0.2) is 4.39 Å². The highest BCUT2D eigenvalue weighted by atomic mass is 35.5. The van der Waals surface area contributed by atoms with Gasteiger partial charge in [0.1, 0.15) is 11.9 Å². The molecule has 6 nitrogen and oxygen atoms in total. The van der Waals surface area contributed by atoms with Crippen molar-refractivity contribution in [3.63, 3.8) is 0 Å². The summed E-state index contributed by atoms with van der Waals surface area (Å²) < 4.78 is 21.0. The number of piperidine rings is 1. The maximum atomic E-state index is 15.7. The van der Waals surface area contributed by atoms with Crippen molar-refractivity contribution in [1.29, 1.82) is 0 Å². The molecular formula is C28H29ClFN3O3. The van der Waals surface area contributed by atoms with Crippen LogP contribution in [0.15, 0.2) is 48.9 Å². The molecule has 0 aliphatic carbocycles. The minimum absolute atomic E-state index is 0.0227. The number of nitrogens with zero attached hydrogens (tertiary/aromatic N) is 3. The predicted molar refractivity (Wildman–Crippen MR) is 138 cm³/mol. The largest absolute Gasteiger partial charge is 0.497 e. The van der Waals surface area contributed by atoms with Crippen LogP contribution in [-0.4, -0.2) is 52.7 Å². The Morgan fingerprint density at radius 1 is 1.28 bits per heavy atom. The Morgan fingerprint density at radius 3 is 2.72 bits per heavy atom. The Hall–Kier alpha value is -3.21. The number of hydrogen-bond acceptors (Lipinski definition) is 5. The number of aromatic nitrogens is 2. The molecule has 2 aromatic heterocycles. The van der Waals surface area contributed by atoms with E-state index < -0.39 is 17.6 Å². The van der Waals surface area contributed by atoms with Gasteiger partial charge in [-0.3, -0.25) is 19.7 Å². The molecule has 8 heteroatoms. The summed E-state index contributed by atoms with van der Waals surface area (Å²) in [6, 6.07) is 9.03. The lowest BCUT2D eigenvalue weighted by molar-refractivity contribution is -0.141. The van der Waals surface area contributed by atoms with E-state index in [0.717, 1.165) is 18.7 Å². The van der Waals surface area contributed by atoms with Crippen molar-refractivity contribution in [2.75, 3.05) is 26.7 Å². The predicted octanol–water partition coefficient (Wildman–Crippen LogP) is 5.69. The minimum atomic E-state index is -1.34. The Balaban J connectivity index is 1.43. The van der Waals surface area contributed by atoms with Crippen LogP contribution in [0, 0.1) is 17.3 Å². The third kappa shape index (κ3) is 6.31. The summed E-state index contributed by atoms with van der Waals surface area (Å²) in [5, 5.41) is 10.5. The smallest absolute Gasteiger partial charge is 0.303 e. The molecular weight excluding hydrogens is 481 g/mol. The molecule has 1 saturated heterocycles. The summed E-state index contributed by atoms with van der Waals surface area (Å²) in [6.45, 7) is 2.06. The van der Waals surface area contributed by atoms with Gasteiger partial charge in [-0.1, -0.05) is 23.4 Å². The van der Waals surface area contributed by atoms with E-state index >= 15 is 4.39 Å². The maximum absolute atomic E-state index is 15.7. The van der Waals surface area contributed by atoms with E-state index in [4.69, 9.17) is 16.3 Å². The van der Waals surface area contributed by atoms with Crippen molar-refractivity contribution in [2.24, 2.45) is 5.41 Å². The van der Waals surface area contributed by atoms with E-state index in [2.05, 4.69) is 26.7 Å². The van der Waals surface area contributed by atoms with Gasteiger partial charge in [-0.15, -0.1) is 0 Å². The molecule has 0 unspecified atom stereocenters. The molecule has 4 rings (SSSR count). The van der Waals surface area contributed by atoms with Crippen LogP contribution in [0.5, 0.6) is 5.75 Å². The zero-order valence-corrected chi connectivity index (χ0v) is 21.0. The number of alkyl halides is 1. The van der Waals surface area contributed by atoms with Gasteiger partial charge in [0.05, 0.1) is 30.6 Å². The monoisotopic (exact) mass is 509 g/mol. The summed E-state index contributed by atoms with van der Waals surface area (Å²) in [5.74, 6) is 6.06. The number of hydrogen-bond donors (Lipinski definition) is 1. The number of rotatable bonds is 8. The number of benzene rings is 1. The second-order valence-electron chi connectivity index (χ2n) is 9.29. The number of carboxylic acids is 1. The number of methoxy groups -OCH3 is 1. The van der Waals surface area contributed by atoms with Crippen molar-refractivity contribution >= 4 is 28.5 Å². The molecule has 1 aromatic carbocycles. The first-order valence-electron chi connectivity index (χ1n) is 12.0. The molecule has 3 heterocycles. The molecule has 1 N–H and O–H groups in total. The average Bonchev–Trinajstić information content (AvgIpc) is 2.88. The van der Waals surface area contributed by atoms with E-state index in [0.29, 0.717) is 48.0 Å². The molecule has 1 aliphatic rings. The number of ether oxygens (including phenoxy) is 1. The molecule has 1 atom stereocenters. The first-order chi connectivity index (χ1) is 17.4. The Kier molecular flexibility index (Phi) is 8.40. The zero-order chi connectivity index (χ0) is 25.5. The van der Waals surface area contributed by atoms with Crippen molar-refractivity contribution in [3.8, 4) is 17.6 Å². The summed E-state index contributed by atoms with van der Waals surface area (Å²) in [7, 11) is 1.55. The molecule has 1 fully saturated rings. The fourth-order valence-corrected chi connectivity index (χ4v) is 5.17. The van der Waals surface area contributed by atoms with Gasteiger partial charge in [-0.05, 0) is 74.5 Å². The maximum Gasteiger partial charge on any atom is 0.303 e. The Labute approximate surface area is 215 Å². The third-order valence-electron chi connectivity index (χ3n) is 6.97. The van der Waals surface area contributed by atoms with Crippen LogP contribution in [0.25, 0.3) is 10.9 Å². The molecule has 0 amide bonds. The summed E-state index contributed by atoms with van der Waals surface area (Å²) in [6.07, 6.45) is 5.58. The van der Waals surface area contributed by atoms with Crippen LogP contribution < -0.4 is 4.74 Å². The highest BCUT2D eigenvalue weighted by Crippen LogP contribution is 2.44. The van der Waals surface area contributed by atoms with E-state index in [1.807, 2.05) is 12.1 Å². The number of pyridine rings is 2. The second-order valence-corrected chi connectivity index (χ2v) is 9.70. The number of likely N-dealkylation sites (tertiary alicyclic amines) is 1. The van der Waals surface area contributed by atoms with Crippen molar-refractivity contribution < 1.29 is 19.0 Å². The van der Waals surface area contributed by atoms with Crippen LogP contribution in [-0.2, 0) is 4.79 Å². The topological polar surface area (TPSA) is 75.6 Å². The van der Waals surface area contributed by atoms with E-state index in [9.17, 15) is 9.90 Å². The average molecular weight is 510 g/mol. The van der Waals surface area contributed by atoms with Crippen LogP contribution in [0.2, 0.25) is 5.02 Å². The van der Waals surface area contributed by atoms with Crippen LogP contribution >= 0.6 is 11.6 Å². The van der Waals surface area contributed by atoms with Gasteiger partial charge in [0.2, 0.25) is 0 Å². The number of fused-ring (bicyclic) bond motifs is 1. The molecule has 0 spiro atoms. The van der Waals surface area contributed by atoms with E-state index in [-0.39, 0.29) is 17.9 Å². The van der Waals surface area contributed by atoms with Gasteiger partial charge < -0.3 is 9.84 Å². The quantitative estimate of drug-likeness (QED) is 0.393. The van der Waals surface area contributed by atoms with Gasteiger partial charge in [0.25, 0.3) is 0 Å². The van der Waals surface area contributed by atoms with Gasteiger partial charge >= 0.3 is 5.97 Å². The third-order valence-corrected chi connectivity index (χ3v) is 7.27. The number of carboxylic acid groups (broad SMARTS) is 1. The standard InChI is InChI=1S/C28H29ClFN3O3/c1-36-21-4-5-25-22(17-21)27(23(29)19-32-25)24(30)6-9-28(18-26(34)35)10-15-33(16-11-28)14-2-3-20-7-12-31-13-8-20/h4-5,7-8,12-13,17,19,24H,6,9-11,14-16,18H2,1H3,(H,34,35)/t24-/m1/s1.